The first kappa shape index (κ1) is 38.5. The van der Waals surface area contributed by atoms with Crippen LogP contribution < -0.4 is 20.3 Å². The highest BCUT2D eigenvalue weighted by Gasteiger charge is 2.22. The van der Waals surface area contributed by atoms with Crippen molar-refractivity contribution in [2.75, 3.05) is 29.8 Å². The molecule has 0 radical (unpaired) electrons. The summed E-state index contributed by atoms with van der Waals surface area (Å²) in [4.78, 5) is 4.61. The molecule has 8 rings (SSSR count). The zero-order chi connectivity index (χ0) is 40.6. The van der Waals surface area contributed by atoms with Crippen molar-refractivity contribution in [2.45, 2.75) is 25.0 Å². The molecule has 0 saturated carbocycles. The van der Waals surface area contributed by atoms with Crippen molar-refractivity contribution in [3.63, 3.8) is 0 Å². The van der Waals surface area contributed by atoms with E-state index < -0.39 is 0 Å². The Morgan fingerprint density at radius 3 is 1.88 bits per heavy atom. The first-order chi connectivity index (χ1) is 29.0. The van der Waals surface area contributed by atoms with Crippen LogP contribution in [0.4, 0.5) is 28.4 Å². The molecule has 0 heterocycles. The Kier molecular flexibility index (Phi) is 11.7. The van der Waals surface area contributed by atoms with Gasteiger partial charge < -0.3 is 25.0 Å². The summed E-state index contributed by atoms with van der Waals surface area (Å²) in [6, 6.07) is 46.1. The molecule has 6 nitrogen and oxygen atoms in total. The Hall–Kier alpha value is -7.33. The van der Waals surface area contributed by atoms with Crippen LogP contribution in [0.25, 0.3) is 35.1 Å². The van der Waals surface area contributed by atoms with E-state index in [4.69, 9.17) is 15.2 Å². The zero-order valence-electron chi connectivity index (χ0n) is 33.3. The van der Waals surface area contributed by atoms with Gasteiger partial charge >= 0.3 is 0 Å². The van der Waals surface area contributed by atoms with Crippen molar-refractivity contribution < 1.29 is 9.47 Å². The first-order valence-corrected chi connectivity index (χ1v) is 19.9. The molecule has 59 heavy (non-hydrogen) atoms. The Balaban J connectivity index is 0.997. The number of nitrogens with zero attached hydrogens (tertiary/aromatic N) is 3. The third kappa shape index (κ3) is 8.52. The number of nitrogens with two attached hydrogens (primary N) is 1. The lowest BCUT2D eigenvalue weighted by Gasteiger charge is -2.34. The van der Waals surface area contributed by atoms with Gasteiger partial charge in [0.1, 0.15) is 11.8 Å². The van der Waals surface area contributed by atoms with E-state index in [0.717, 1.165) is 74.4 Å². The third-order valence-electron chi connectivity index (χ3n) is 10.9. The summed E-state index contributed by atoms with van der Waals surface area (Å²) in [5, 5.41) is 12.0. The van der Waals surface area contributed by atoms with Gasteiger partial charge in [0.2, 0.25) is 0 Å². The molecule has 0 spiro atoms. The van der Waals surface area contributed by atoms with Crippen molar-refractivity contribution in [2.24, 2.45) is 0 Å². The number of hydrogen-bond donors (Lipinski definition) is 1. The van der Waals surface area contributed by atoms with Crippen molar-refractivity contribution in [3.05, 3.63) is 203 Å². The van der Waals surface area contributed by atoms with Gasteiger partial charge in [-0.15, -0.1) is 0 Å². The normalized spacial score (nSPS) is 16.1. The number of nitriles is 1. The maximum atomic E-state index is 10.4. The van der Waals surface area contributed by atoms with Crippen LogP contribution in [0.15, 0.2) is 176 Å². The fourth-order valence-electron chi connectivity index (χ4n) is 7.71. The summed E-state index contributed by atoms with van der Waals surface area (Å²) in [6.07, 6.45) is 25.3. The van der Waals surface area contributed by atoms with Crippen LogP contribution in [0.3, 0.4) is 0 Å². The Labute approximate surface area is 347 Å². The molecule has 290 valence electrons. The molecule has 2 aliphatic rings. The standard InChI is InChI=1S/C53H46N4O2/c1-58-48-31-27-46(28-32-48)56(42-9-5-3-6-10-42)44-23-15-38(16-24-44)13-19-40-21-36-51-50(52(40)37-54)35-22-41(53(51)55)20-14-39-17-25-45(26-18-39)57(43-11-7-4-8-12-43)47-29-33-49(59-2)34-30-47/h3-9,11-31,33-36,42,48H,10,32,55H2,1-2H3/b19-13+,20-14+. The van der Waals surface area contributed by atoms with Gasteiger partial charge in [0.25, 0.3) is 0 Å². The highest BCUT2D eigenvalue weighted by molar-refractivity contribution is 6.02. The largest absolute Gasteiger partial charge is 0.497 e. The van der Waals surface area contributed by atoms with Crippen LogP contribution in [0.5, 0.6) is 5.75 Å². The number of ether oxygens (including phenoxy) is 2. The first-order valence-electron chi connectivity index (χ1n) is 19.9. The minimum absolute atomic E-state index is 0.110. The summed E-state index contributed by atoms with van der Waals surface area (Å²) < 4.78 is 10.9. The van der Waals surface area contributed by atoms with E-state index in [1.165, 1.54) is 5.70 Å². The fraction of sp³-hybridized carbons (Fsp3) is 0.113. The Bertz CT molecular complexity index is 2650. The average molecular weight is 771 g/mol. The van der Waals surface area contributed by atoms with Gasteiger partial charge in [-0.25, -0.2) is 0 Å². The molecule has 2 unspecified atom stereocenters. The van der Waals surface area contributed by atoms with Gasteiger partial charge in [-0.2, -0.15) is 5.26 Å². The van der Waals surface area contributed by atoms with Gasteiger partial charge in [0.05, 0.1) is 24.8 Å². The number of para-hydroxylation sites is 1. The van der Waals surface area contributed by atoms with E-state index in [2.05, 4.69) is 143 Å². The van der Waals surface area contributed by atoms with E-state index in [-0.39, 0.29) is 12.1 Å². The smallest absolute Gasteiger partial charge is 0.119 e. The highest BCUT2D eigenvalue weighted by atomic mass is 16.5. The molecule has 6 aromatic rings. The predicted octanol–water partition coefficient (Wildman–Crippen LogP) is 12.7. The number of rotatable bonds is 12. The van der Waals surface area contributed by atoms with E-state index >= 15 is 0 Å². The molecule has 0 aromatic heterocycles. The Morgan fingerprint density at radius 2 is 1.27 bits per heavy atom. The number of hydrogen-bond acceptors (Lipinski definition) is 6. The fourth-order valence-corrected chi connectivity index (χ4v) is 7.71. The quantitative estimate of drug-likeness (QED) is 0.0987. The van der Waals surface area contributed by atoms with E-state index in [9.17, 15) is 5.26 Å². The highest BCUT2D eigenvalue weighted by Crippen LogP contribution is 2.36. The molecule has 0 fully saturated rings. The second kappa shape index (κ2) is 17.9. The lowest BCUT2D eigenvalue weighted by Crippen LogP contribution is -2.34. The lowest BCUT2D eigenvalue weighted by atomic mass is 9.95. The zero-order valence-corrected chi connectivity index (χ0v) is 33.3. The van der Waals surface area contributed by atoms with Crippen LogP contribution in [0, 0.1) is 11.3 Å². The summed E-state index contributed by atoms with van der Waals surface area (Å²) >= 11 is 0. The number of allylic oxidation sites excluding steroid dienone is 3. The lowest BCUT2D eigenvalue weighted by molar-refractivity contribution is 0.142. The van der Waals surface area contributed by atoms with Gasteiger partial charge in [-0.05, 0) is 102 Å². The maximum Gasteiger partial charge on any atom is 0.119 e. The number of methoxy groups -OCH3 is 2. The van der Waals surface area contributed by atoms with Crippen molar-refractivity contribution in [1.29, 1.82) is 5.26 Å². The topological polar surface area (TPSA) is 74.8 Å². The maximum absolute atomic E-state index is 10.4. The van der Waals surface area contributed by atoms with Crippen LogP contribution in [0.1, 0.15) is 40.7 Å². The SMILES string of the molecule is COc1ccc(N(c2ccccc2)c2ccc(/C=C/c3ccc4c(C#N)c(/C=C/c5ccc(N(C6=CCC(OC)C=C6)C6C=CC=CC6)cc5)ccc4c3N)cc2)cc1. The molecule has 0 aliphatic heterocycles. The molecule has 2 atom stereocenters. The summed E-state index contributed by atoms with van der Waals surface area (Å²) in [6.45, 7) is 0. The van der Waals surface area contributed by atoms with Crippen LogP contribution in [0.2, 0.25) is 0 Å². The molecule has 0 bridgehead atoms. The average Bonchev–Trinajstić information content (AvgIpc) is 3.30. The molecular weight excluding hydrogens is 725 g/mol. The third-order valence-corrected chi connectivity index (χ3v) is 10.9. The van der Waals surface area contributed by atoms with Crippen LogP contribution in [-0.4, -0.2) is 26.4 Å². The second-order valence-corrected chi connectivity index (χ2v) is 14.5. The van der Waals surface area contributed by atoms with Crippen LogP contribution in [-0.2, 0) is 4.74 Å². The van der Waals surface area contributed by atoms with E-state index in [0.29, 0.717) is 11.3 Å². The second-order valence-electron chi connectivity index (χ2n) is 14.5. The van der Waals surface area contributed by atoms with Crippen molar-refractivity contribution >= 4 is 63.5 Å². The molecule has 2 N–H and O–H groups in total. The van der Waals surface area contributed by atoms with Crippen molar-refractivity contribution in [1.82, 2.24) is 0 Å². The summed E-state index contributed by atoms with van der Waals surface area (Å²) in [7, 11) is 3.43. The van der Waals surface area contributed by atoms with Crippen molar-refractivity contribution in [3.8, 4) is 11.8 Å². The molecular formula is C53H46N4O2. The summed E-state index contributed by atoms with van der Waals surface area (Å²) in [5.41, 5.74) is 17.3. The number of fused-ring (bicyclic) bond motifs is 1. The molecule has 0 saturated heterocycles. The predicted molar refractivity (Wildman–Crippen MR) is 247 cm³/mol. The van der Waals surface area contributed by atoms with Gasteiger partial charge in [-0.1, -0.05) is 127 Å². The molecule has 2 aliphatic carbocycles. The molecule has 6 heteroatoms. The molecule has 6 aromatic carbocycles. The number of nitrogen functional groups attached to an aromatic ring is 1. The minimum atomic E-state index is 0.110. The minimum Gasteiger partial charge on any atom is -0.497 e. The van der Waals surface area contributed by atoms with Crippen LogP contribution >= 0.6 is 0 Å². The van der Waals surface area contributed by atoms with Gasteiger partial charge in [0.15, 0.2) is 0 Å². The van der Waals surface area contributed by atoms with Gasteiger partial charge in [-0.3, -0.25) is 0 Å². The number of anilines is 5. The Morgan fingerprint density at radius 1 is 0.644 bits per heavy atom. The monoisotopic (exact) mass is 770 g/mol. The molecule has 0 amide bonds. The number of benzene rings is 6. The summed E-state index contributed by atoms with van der Waals surface area (Å²) in [5.74, 6) is 0.815. The van der Waals surface area contributed by atoms with E-state index in [1.54, 1.807) is 14.2 Å². The van der Waals surface area contributed by atoms with Gasteiger partial charge in [0, 0.05) is 52.0 Å². The van der Waals surface area contributed by atoms with E-state index in [1.807, 2.05) is 66.7 Å².